The molecule has 0 amide bonds. The Morgan fingerprint density at radius 1 is 0.767 bits per heavy atom. The topological polar surface area (TPSA) is 0 Å². The zero-order valence-corrected chi connectivity index (χ0v) is 26.5. The molecule has 0 aliphatic heterocycles. The van der Waals surface area contributed by atoms with Crippen molar-refractivity contribution in [1.29, 1.82) is 0 Å². The first-order valence-electron chi connectivity index (χ1n) is 11.9. The fraction of sp³-hybridized carbons (Fsp3) is 0.692. The van der Waals surface area contributed by atoms with E-state index in [-0.39, 0.29) is 24.8 Å². The molecule has 0 N–H and O–H groups in total. The Morgan fingerprint density at radius 2 is 1.10 bits per heavy atom. The van der Waals surface area contributed by atoms with Crippen LogP contribution < -0.4 is 0 Å². The van der Waals surface area contributed by atoms with Crippen LogP contribution in [-0.4, -0.2) is 6.88 Å². The minimum Gasteiger partial charge on any atom is -0.147 e. The van der Waals surface area contributed by atoms with Crippen LogP contribution in [0.25, 0.3) is 0 Å². The van der Waals surface area contributed by atoms with Gasteiger partial charge in [-0.25, -0.2) is 0 Å². The fourth-order valence-electron chi connectivity index (χ4n) is 5.06. The smallest absolute Gasteiger partial charge is 0.147 e. The van der Waals surface area contributed by atoms with Crippen LogP contribution in [0.15, 0.2) is 41.0 Å². The SMILES string of the molecule is CCCCC1=[C]([Zr]([CH3])([CH3])(=[SiH2])[C]2=C(CCCC)C=C(C(C)C)C2)CC(C(C)C)=C1.Cl.Cl. The molecule has 2 rings (SSSR count). The summed E-state index contributed by atoms with van der Waals surface area (Å²) in [6.07, 6.45) is 15.7. The van der Waals surface area contributed by atoms with E-state index in [2.05, 4.69) is 69.8 Å². The van der Waals surface area contributed by atoms with Crippen molar-refractivity contribution in [3.05, 3.63) is 41.0 Å². The van der Waals surface area contributed by atoms with Gasteiger partial charge < -0.3 is 0 Å². The van der Waals surface area contributed by atoms with Crippen molar-refractivity contribution in [3.63, 3.8) is 0 Å². The van der Waals surface area contributed by atoms with Gasteiger partial charge >= 0.3 is 179 Å². The molecule has 0 unspecified atom stereocenters. The molecule has 0 fully saturated rings. The van der Waals surface area contributed by atoms with E-state index in [0.717, 1.165) is 0 Å². The Bertz CT molecular complexity index is 728. The monoisotopic (exact) mass is 548 g/mol. The Balaban J connectivity index is 0.00000420. The number of allylic oxidation sites excluding steroid dienone is 8. The Labute approximate surface area is 202 Å². The molecule has 0 saturated carbocycles. The standard InChI is InChI=1S/2C12H19.2CH3.2ClH.H2Si.Zr/c2*1-4-5-6-11-7-8-12(9-11)10(2)3;;;;;;/h2*9-10H,4-6,8H2,1-3H3;2*1H3;2*1H;1H2;. The van der Waals surface area contributed by atoms with Gasteiger partial charge in [-0.2, -0.15) is 0 Å². The molecule has 0 aromatic rings. The van der Waals surface area contributed by atoms with E-state index in [4.69, 9.17) is 0 Å². The van der Waals surface area contributed by atoms with Gasteiger partial charge in [-0.3, -0.25) is 0 Å². The molecule has 30 heavy (non-hydrogen) atoms. The van der Waals surface area contributed by atoms with Crippen LogP contribution in [0.1, 0.15) is 92.9 Å². The van der Waals surface area contributed by atoms with E-state index in [1.807, 2.05) is 6.56 Å². The van der Waals surface area contributed by atoms with Crippen molar-refractivity contribution >= 4 is 31.7 Å². The first-order chi connectivity index (χ1) is 13.0. The van der Waals surface area contributed by atoms with Gasteiger partial charge in [0.15, 0.2) is 0 Å². The summed E-state index contributed by atoms with van der Waals surface area (Å²) in [6, 6.07) is 0. The van der Waals surface area contributed by atoms with Gasteiger partial charge in [0.05, 0.1) is 0 Å². The van der Waals surface area contributed by atoms with Crippen molar-refractivity contribution in [3.8, 4) is 0 Å². The van der Waals surface area contributed by atoms with E-state index in [0.29, 0.717) is 11.8 Å². The predicted molar refractivity (Wildman–Crippen MR) is 143 cm³/mol. The van der Waals surface area contributed by atoms with Crippen LogP contribution >= 0.6 is 24.8 Å². The maximum Gasteiger partial charge on any atom is -0.147 e. The van der Waals surface area contributed by atoms with Gasteiger partial charge in [0.2, 0.25) is 0 Å². The third-order valence-corrected chi connectivity index (χ3v) is 24.3. The van der Waals surface area contributed by atoms with Crippen LogP contribution in [0, 0.1) is 11.8 Å². The molecular weight excluding hydrogens is 503 g/mol. The summed E-state index contributed by atoms with van der Waals surface area (Å²) in [7, 11) is 0. The molecule has 0 aromatic carbocycles. The largest absolute Gasteiger partial charge is 0.147 e. The minimum absolute atomic E-state index is 0. The molecule has 2 aliphatic rings. The van der Waals surface area contributed by atoms with E-state index in [1.54, 1.807) is 22.3 Å². The number of hydrogen-bond acceptors (Lipinski definition) is 0. The molecule has 4 heteroatoms. The molecule has 2 aliphatic carbocycles. The normalized spacial score (nSPS) is 17.4. The number of rotatable bonds is 10. The summed E-state index contributed by atoms with van der Waals surface area (Å²) >= 11 is -3.14. The fourth-order valence-corrected chi connectivity index (χ4v) is 19.9. The summed E-state index contributed by atoms with van der Waals surface area (Å²) in [5, 5.41) is 0. The first kappa shape index (κ1) is 30.6. The van der Waals surface area contributed by atoms with Crippen molar-refractivity contribution in [2.24, 2.45) is 11.8 Å². The Morgan fingerprint density at radius 3 is 1.37 bits per heavy atom. The van der Waals surface area contributed by atoms with Crippen molar-refractivity contribution in [2.45, 2.75) is 102 Å². The summed E-state index contributed by atoms with van der Waals surface area (Å²) in [5.41, 5.74) is 6.89. The Kier molecular flexibility index (Phi) is 12.5. The number of unbranched alkanes of at least 4 members (excludes halogenated alkanes) is 2. The summed E-state index contributed by atoms with van der Waals surface area (Å²) in [4.78, 5) is 0. The second-order valence-corrected chi connectivity index (χ2v) is 39.7. The van der Waals surface area contributed by atoms with E-state index in [9.17, 15) is 0 Å². The average molecular weight is 551 g/mol. The summed E-state index contributed by atoms with van der Waals surface area (Å²) in [5.74, 6) is 1.37. The third-order valence-electron chi connectivity index (χ3n) is 7.27. The molecule has 0 heterocycles. The van der Waals surface area contributed by atoms with Gasteiger partial charge in [-0.05, 0) is 0 Å². The van der Waals surface area contributed by atoms with Gasteiger partial charge in [0, 0.05) is 0 Å². The number of hydrogen-bond donors (Lipinski definition) is 0. The second kappa shape index (κ2) is 12.2. The van der Waals surface area contributed by atoms with Gasteiger partial charge in [0.1, 0.15) is 0 Å². The summed E-state index contributed by atoms with van der Waals surface area (Å²) < 4.78 is 9.38. The zero-order chi connectivity index (χ0) is 21.1. The maximum absolute atomic E-state index is 3.14. The first-order valence-corrected chi connectivity index (χ1v) is 25.2. The quantitative estimate of drug-likeness (QED) is 0.238. The molecule has 0 spiro atoms. The molecule has 0 bridgehead atoms. The van der Waals surface area contributed by atoms with Crippen LogP contribution in [0.4, 0.5) is 0 Å². The van der Waals surface area contributed by atoms with Crippen LogP contribution in [0.5, 0.6) is 0 Å². The zero-order valence-electron chi connectivity index (χ0n) is 21.0. The average Bonchev–Trinajstić information content (AvgIpc) is 3.23. The molecule has 0 nitrogen and oxygen atoms in total. The molecule has 174 valence electrons. The van der Waals surface area contributed by atoms with Gasteiger partial charge in [-0.1, -0.05) is 0 Å². The molecule has 0 atom stereocenters. The van der Waals surface area contributed by atoms with E-state index < -0.39 is 17.4 Å². The van der Waals surface area contributed by atoms with Crippen molar-refractivity contribution < 1.29 is 17.4 Å². The summed E-state index contributed by atoms with van der Waals surface area (Å²) in [6.45, 7) is 16.7. The third kappa shape index (κ3) is 6.82. The van der Waals surface area contributed by atoms with Crippen molar-refractivity contribution in [2.75, 3.05) is 0 Å². The van der Waals surface area contributed by atoms with Crippen LogP contribution in [-0.2, 0) is 17.4 Å². The molecule has 0 saturated heterocycles. The van der Waals surface area contributed by atoms with E-state index in [1.165, 1.54) is 51.4 Å². The van der Waals surface area contributed by atoms with Gasteiger partial charge in [0.25, 0.3) is 0 Å². The second-order valence-electron chi connectivity index (χ2n) is 11.0. The maximum atomic E-state index is 2.76. The molecule has 0 radical (unpaired) electrons. The van der Waals surface area contributed by atoms with Crippen molar-refractivity contribution in [1.82, 2.24) is 0 Å². The molecule has 0 aromatic heterocycles. The van der Waals surface area contributed by atoms with Gasteiger partial charge in [-0.15, -0.1) is 24.8 Å². The number of halogens is 2. The predicted octanol–water partition coefficient (Wildman–Crippen LogP) is 9.02. The Hall–Kier alpha value is 0.640. The van der Waals surface area contributed by atoms with E-state index >= 15 is 0 Å². The van der Waals surface area contributed by atoms with Crippen LogP contribution in [0.2, 0.25) is 9.26 Å². The van der Waals surface area contributed by atoms with Crippen LogP contribution in [0.3, 0.4) is 0 Å². The molecular formula is C26H48Cl2SiZr. The minimum atomic E-state index is -3.14.